The Bertz CT molecular complexity index is 262. The maximum atomic E-state index is 11.6. The molecular weight excluding hydrogens is 220 g/mol. The van der Waals surface area contributed by atoms with Gasteiger partial charge in [0.2, 0.25) is 5.91 Å². The highest BCUT2D eigenvalue weighted by Gasteiger charge is 2.16. The molecule has 1 rings (SSSR count). The molecule has 0 aromatic carbocycles. The highest BCUT2D eigenvalue weighted by molar-refractivity contribution is 5.79. The lowest BCUT2D eigenvalue weighted by Gasteiger charge is -2.15. The van der Waals surface area contributed by atoms with E-state index >= 15 is 0 Å². The van der Waals surface area contributed by atoms with Crippen LogP contribution in [0.4, 0.5) is 0 Å². The van der Waals surface area contributed by atoms with Crippen LogP contribution in [0.5, 0.6) is 0 Å². The molecule has 4 N–H and O–H groups in total. The molecule has 0 radical (unpaired) electrons. The lowest BCUT2D eigenvalue weighted by molar-refractivity contribution is -0.130. The number of amides is 1. The maximum absolute atomic E-state index is 11.6. The van der Waals surface area contributed by atoms with Crippen LogP contribution in [0, 0.1) is 0 Å². The van der Waals surface area contributed by atoms with Gasteiger partial charge in [0, 0.05) is 32.5 Å². The first-order chi connectivity index (χ1) is 8.24. The molecule has 0 atom stereocenters. The quantitative estimate of drug-likeness (QED) is 0.194. The van der Waals surface area contributed by atoms with Gasteiger partial charge in [-0.1, -0.05) is 5.16 Å². The van der Waals surface area contributed by atoms with E-state index < -0.39 is 0 Å². The molecular formula is C11H22N4O2. The van der Waals surface area contributed by atoms with Gasteiger partial charge in [-0.15, -0.1) is 0 Å². The fourth-order valence-electron chi connectivity index (χ4n) is 1.89. The van der Waals surface area contributed by atoms with Gasteiger partial charge in [-0.2, -0.15) is 0 Å². The van der Waals surface area contributed by atoms with Crippen LogP contribution in [-0.2, 0) is 4.79 Å². The van der Waals surface area contributed by atoms with Gasteiger partial charge in [-0.3, -0.25) is 4.79 Å². The number of nitrogens with two attached hydrogens (primary N) is 1. The average molecular weight is 242 g/mol. The lowest BCUT2D eigenvalue weighted by atomic mass is 10.3. The number of nitrogens with zero attached hydrogens (tertiary/aromatic N) is 2. The van der Waals surface area contributed by atoms with Crippen molar-refractivity contribution in [1.82, 2.24) is 10.2 Å². The molecule has 98 valence electrons. The number of oxime groups is 1. The molecule has 0 aromatic rings. The van der Waals surface area contributed by atoms with Crippen molar-refractivity contribution in [1.29, 1.82) is 0 Å². The minimum atomic E-state index is 0.242. The number of carbonyl (C=O) groups is 1. The van der Waals surface area contributed by atoms with Crippen molar-refractivity contribution in [3.63, 3.8) is 0 Å². The first-order valence-electron chi connectivity index (χ1n) is 6.19. The Hall–Kier alpha value is -1.30. The molecule has 0 bridgehead atoms. The van der Waals surface area contributed by atoms with Crippen LogP contribution in [0.25, 0.3) is 0 Å². The highest BCUT2D eigenvalue weighted by atomic mass is 16.4. The van der Waals surface area contributed by atoms with Gasteiger partial charge in [0.25, 0.3) is 0 Å². The van der Waals surface area contributed by atoms with E-state index in [-0.39, 0.29) is 11.7 Å². The van der Waals surface area contributed by atoms with Crippen molar-refractivity contribution in [2.45, 2.75) is 32.1 Å². The van der Waals surface area contributed by atoms with Gasteiger partial charge in [-0.05, 0) is 25.8 Å². The number of amidine groups is 1. The molecule has 0 unspecified atom stereocenters. The third kappa shape index (κ3) is 5.53. The molecule has 1 aliphatic heterocycles. The van der Waals surface area contributed by atoms with Gasteiger partial charge in [-0.25, -0.2) is 0 Å². The molecule has 0 aliphatic carbocycles. The Morgan fingerprint density at radius 3 is 2.65 bits per heavy atom. The fraction of sp³-hybridized carbons (Fsp3) is 0.818. The summed E-state index contributed by atoms with van der Waals surface area (Å²) in [5.41, 5.74) is 5.33. The smallest absolute Gasteiger partial charge is 0.223 e. The summed E-state index contributed by atoms with van der Waals surface area (Å²) < 4.78 is 0. The summed E-state index contributed by atoms with van der Waals surface area (Å²) in [6.07, 6.45) is 4.22. The number of hydrogen-bond donors (Lipinski definition) is 3. The third-order valence-electron chi connectivity index (χ3n) is 2.89. The summed E-state index contributed by atoms with van der Waals surface area (Å²) in [5.74, 6) is 0.492. The zero-order valence-corrected chi connectivity index (χ0v) is 10.2. The standard InChI is InChI=1S/C11H22N4O2/c12-10(14-17)4-3-6-13-7-5-11(16)15-8-1-2-9-15/h13,17H,1-9H2,(H2,12,14). The van der Waals surface area contributed by atoms with E-state index in [0.717, 1.165) is 38.9 Å². The van der Waals surface area contributed by atoms with E-state index in [1.54, 1.807) is 0 Å². The molecule has 1 fully saturated rings. The predicted molar refractivity (Wildman–Crippen MR) is 65.9 cm³/mol. The number of carbonyl (C=O) groups excluding carboxylic acids is 1. The summed E-state index contributed by atoms with van der Waals surface area (Å²) in [6.45, 7) is 3.32. The molecule has 17 heavy (non-hydrogen) atoms. The van der Waals surface area contributed by atoms with Crippen molar-refractivity contribution in [3.05, 3.63) is 0 Å². The average Bonchev–Trinajstić information content (AvgIpc) is 2.86. The van der Waals surface area contributed by atoms with Gasteiger partial charge in [0.1, 0.15) is 5.84 Å². The highest BCUT2D eigenvalue weighted by Crippen LogP contribution is 2.08. The molecule has 0 spiro atoms. The summed E-state index contributed by atoms with van der Waals surface area (Å²) in [4.78, 5) is 13.6. The minimum absolute atomic E-state index is 0.242. The molecule has 0 aromatic heterocycles. The molecule has 6 nitrogen and oxygen atoms in total. The summed E-state index contributed by atoms with van der Waals surface area (Å²) >= 11 is 0. The first-order valence-corrected chi connectivity index (χ1v) is 6.19. The second kappa shape index (κ2) is 7.89. The Labute approximate surface area is 102 Å². The summed E-state index contributed by atoms with van der Waals surface area (Å²) in [5, 5.41) is 14.4. The van der Waals surface area contributed by atoms with Crippen molar-refractivity contribution in [2.24, 2.45) is 10.9 Å². The number of hydrogen-bond acceptors (Lipinski definition) is 4. The molecule has 1 heterocycles. The Morgan fingerprint density at radius 2 is 2.00 bits per heavy atom. The van der Waals surface area contributed by atoms with E-state index in [1.165, 1.54) is 0 Å². The monoisotopic (exact) mass is 242 g/mol. The zero-order chi connectivity index (χ0) is 12.5. The lowest BCUT2D eigenvalue weighted by Crippen LogP contribution is -2.31. The number of likely N-dealkylation sites (tertiary alicyclic amines) is 1. The van der Waals surface area contributed by atoms with Crippen molar-refractivity contribution in [2.75, 3.05) is 26.2 Å². The normalized spacial score (nSPS) is 16.5. The first kappa shape index (κ1) is 13.8. The topological polar surface area (TPSA) is 91.0 Å². The van der Waals surface area contributed by atoms with Crippen LogP contribution >= 0.6 is 0 Å². The Balaban J connectivity index is 1.95. The molecule has 1 saturated heterocycles. The van der Waals surface area contributed by atoms with E-state index in [4.69, 9.17) is 10.9 Å². The van der Waals surface area contributed by atoms with Crippen LogP contribution < -0.4 is 11.1 Å². The van der Waals surface area contributed by atoms with Crippen LogP contribution in [0.1, 0.15) is 32.1 Å². The second-order valence-corrected chi connectivity index (χ2v) is 4.28. The van der Waals surface area contributed by atoms with E-state index in [0.29, 0.717) is 19.4 Å². The van der Waals surface area contributed by atoms with Crippen LogP contribution in [0.2, 0.25) is 0 Å². The third-order valence-corrected chi connectivity index (χ3v) is 2.89. The van der Waals surface area contributed by atoms with Gasteiger partial charge in [0.15, 0.2) is 0 Å². The van der Waals surface area contributed by atoms with Gasteiger partial charge < -0.3 is 21.2 Å². The predicted octanol–water partition coefficient (Wildman–Crippen LogP) is 0.115. The fourth-order valence-corrected chi connectivity index (χ4v) is 1.89. The van der Waals surface area contributed by atoms with Crippen LogP contribution in [0.15, 0.2) is 5.16 Å². The number of nitrogens with one attached hydrogen (secondary N) is 1. The van der Waals surface area contributed by atoms with E-state index in [9.17, 15) is 4.79 Å². The van der Waals surface area contributed by atoms with Gasteiger partial charge in [0.05, 0.1) is 0 Å². The van der Waals surface area contributed by atoms with Crippen LogP contribution in [-0.4, -0.2) is 48.0 Å². The summed E-state index contributed by atoms with van der Waals surface area (Å²) in [7, 11) is 0. The molecule has 1 aliphatic rings. The molecule has 0 saturated carbocycles. The SMILES string of the molecule is NC(CCCNCCC(=O)N1CCCC1)=NO. The largest absolute Gasteiger partial charge is 0.409 e. The second-order valence-electron chi connectivity index (χ2n) is 4.28. The molecule has 6 heteroatoms. The van der Waals surface area contributed by atoms with Crippen molar-refractivity contribution >= 4 is 11.7 Å². The number of rotatable bonds is 7. The minimum Gasteiger partial charge on any atom is -0.409 e. The zero-order valence-electron chi connectivity index (χ0n) is 10.2. The summed E-state index contributed by atoms with van der Waals surface area (Å²) in [6, 6.07) is 0. The Morgan fingerprint density at radius 1 is 1.29 bits per heavy atom. The van der Waals surface area contributed by atoms with Crippen molar-refractivity contribution in [3.8, 4) is 0 Å². The Kier molecular flexibility index (Phi) is 6.39. The van der Waals surface area contributed by atoms with E-state index in [2.05, 4.69) is 10.5 Å². The van der Waals surface area contributed by atoms with Crippen LogP contribution in [0.3, 0.4) is 0 Å². The van der Waals surface area contributed by atoms with Gasteiger partial charge >= 0.3 is 0 Å². The molecule has 1 amide bonds. The van der Waals surface area contributed by atoms with Crippen molar-refractivity contribution < 1.29 is 10.0 Å². The van der Waals surface area contributed by atoms with E-state index in [1.807, 2.05) is 4.90 Å². The maximum Gasteiger partial charge on any atom is 0.223 e.